The van der Waals surface area contributed by atoms with Crippen LogP contribution in [0.2, 0.25) is 0 Å². The van der Waals surface area contributed by atoms with Crippen LogP contribution >= 0.6 is 0 Å². The lowest BCUT2D eigenvalue weighted by Gasteiger charge is -2.25. The number of hydrogen-bond acceptors (Lipinski definition) is 6. The van der Waals surface area contributed by atoms with Crippen molar-refractivity contribution in [1.82, 2.24) is 15.2 Å². The molecule has 0 bridgehead atoms. The first kappa shape index (κ1) is 16.6. The first-order valence-electron chi connectivity index (χ1n) is 8.47. The number of rotatable bonds is 5. The van der Waals surface area contributed by atoms with Crippen LogP contribution in [0.1, 0.15) is 43.3 Å². The fourth-order valence-electron chi connectivity index (χ4n) is 3.25. The molecular weight excluding hydrogens is 304 g/mol. The molecule has 2 aromatic rings. The summed E-state index contributed by atoms with van der Waals surface area (Å²) < 4.78 is 5.32. The highest BCUT2D eigenvalue weighted by Gasteiger charge is 2.34. The molecule has 2 atom stereocenters. The Labute approximate surface area is 142 Å². The zero-order chi connectivity index (χ0) is 17.1. The Hall–Kier alpha value is -2.21. The molecule has 1 aromatic heterocycles. The number of aliphatic hydroxyl groups excluding tert-OH is 1. The summed E-state index contributed by atoms with van der Waals surface area (Å²) in [5.74, 6) is 1.40. The van der Waals surface area contributed by atoms with E-state index in [2.05, 4.69) is 24.0 Å². The summed E-state index contributed by atoms with van der Waals surface area (Å²) in [6.45, 7) is 4.65. The molecular formula is C18H24N4O2. The van der Waals surface area contributed by atoms with Gasteiger partial charge in [-0.2, -0.15) is 5.10 Å². The van der Waals surface area contributed by atoms with Crippen LogP contribution in [0.5, 0.6) is 5.75 Å². The summed E-state index contributed by atoms with van der Waals surface area (Å²) in [5, 5.41) is 18.9. The van der Waals surface area contributed by atoms with Gasteiger partial charge in [-0.1, -0.05) is 26.0 Å². The minimum atomic E-state index is -0.402. The van der Waals surface area contributed by atoms with E-state index in [-0.39, 0.29) is 6.04 Å². The van der Waals surface area contributed by atoms with E-state index >= 15 is 0 Å². The minimum absolute atomic E-state index is 0.0223. The Morgan fingerprint density at radius 1 is 1.21 bits per heavy atom. The van der Waals surface area contributed by atoms with Crippen molar-refractivity contribution in [3.05, 3.63) is 41.2 Å². The molecule has 24 heavy (non-hydrogen) atoms. The van der Waals surface area contributed by atoms with Crippen LogP contribution in [0, 0.1) is 0 Å². The zero-order valence-corrected chi connectivity index (χ0v) is 14.4. The Balaban J connectivity index is 1.95. The van der Waals surface area contributed by atoms with Crippen molar-refractivity contribution in [3.63, 3.8) is 0 Å². The SMILES string of the molecule is CCc1nnc(N2C[C@@H](O)C[C@@H]2c2cccc(OC)c2)nc1CC. The molecule has 0 spiro atoms. The third kappa shape index (κ3) is 3.19. The van der Waals surface area contributed by atoms with Crippen LogP contribution in [0.25, 0.3) is 0 Å². The number of aryl methyl sites for hydroxylation is 2. The Morgan fingerprint density at radius 3 is 2.71 bits per heavy atom. The molecule has 0 amide bonds. The molecule has 1 saturated heterocycles. The maximum Gasteiger partial charge on any atom is 0.246 e. The van der Waals surface area contributed by atoms with Crippen LogP contribution in [-0.4, -0.2) is 40.0 Å². The normalized spacial score (nSPS) is 20.4. The van der Waals surface area contributed by atoms with E-state index in [9.17, 15) is 5.11 Å². The van der Waals surface area contributed by atoms with Crippen molar-refractivity contribution < 1.29 is 9.84 Å². The first-order chi connectivity index (χ1) is 11.7. The Bertz CT molecular complexity index is 707. The molecule has 6 heteroatoms. The van der Waals surface area contributed by atoms with E-state index < -0.39 is 6.10 Å². The van der Waals surface area contributed by atoms with Crippen LogP contribution in [0.4, 0.5) is 5.95 Å². The molecule has 128 valence electrons. The number of aliphatic hydroxyl groups is 1. The number of hydrogen-bond donors (Lipinski definition) is 1. The van der Waals surface area contributed by atoms with Crippen molar-refractivity contribution in [3.8, 4) is 5.75 Å². The summed E-state index contributed by atoms with van der Waals surface area (Å²) in [4.78, 5) is 6.75. The Morgan fingerprint density at radius 2 is 2.00 bits per heavy atom. The van der Waals surface area contributed by atoms with Gasteiger partial charge in [0.25, 0.3) is 0 Å². The van der Waals surface area contributed by atoms with Crippen molar-refractivity contribution in [2.75, 3.05) is 18.6 Å². The molecule has 1 fully saturated rings. The molecule has 1 N–H and O–H groups in total. The summed E-state index contributed by atoms with van der Waals surface area (Å²) in [6.07, 6.45) is 1.89. The first-order valence-corrected chi connectivity index (χ1v) is 8.47. The molecule has 6 nitrogen and oxygen atoms in total. The molecule has 2 heterocycles. The van der Waals surface area contributed by atoms with Gasteiger partial charge in [0.15, 0.2) is 0 Å². The molecule has 1 aromatic carbocycles. The van der Waals surface area contributed by atoms with Gasteiger partial charge in [-0.3, -0.25) is 0 Å². The van der Waals surface area contributed by atoms with Gasteiger partial charge in [0.05, 0.1) is 30.6 Å². The van der Waals surface area contributed by atoms with E-state index in [4.69, 9.17) is 9.72 Å². The maximum atomic E-state index is 10.2. The number of β-amino-alcohol motifs (C(OH)–C–C–N with tert-alkyl or cyclic N) is 1. The molecule has 1 aliphatic rings. The lowest BCUT2D eigenvalue weighted by molar-refractivity contribution is 0.194. The van der Waals surface area contributed by atoms with Crippen LogP contribution in [0.3, 0.4) is 0 Å². The average molecular weight is 328 g/mol. The van der Waals surface area contributed by atoms with Gasteiger partial charge < -0.3 is 14.7 Å². The van der Waals surface area contributed by atoms with Crippen molar-refractivity contribution in [2.45, 2.75) is 45.3 Å². The summed E-state index contributed by atoms with van der Waals surface area (Å²) in [5.41, 5.74) is 3.01. The van der Waals surface area contributed by atoms with Crippen LogP contribution < -0.4 is 9.64 Å². The van der Waals surface area contributed by atoms with E-state index in [1.54, 1.807) is 7.11 Å². The summed E-state index contributed by atoms with van der Waals surface area (Å²) in [6, 6.07) is 7.96. The largest absolute Gasteiger partial charge is 0.497 e. The second-order valence-corrected chi connectivity index (χ2v) is 6.05. The number of methoxy groups -OCH3 is 1. The van der Waals surface area contributed by atoms with Gasteiger partial charge in [0, 0.05) is 6.54 Å². The average Bonchev–Trinajstić information content (AvgIpc) is 3.03. The minimum Gasteiger partial charge on any atom is -0.497 e. The number of benzene rings is 1. The molecule has 0 radical (unpaired) electrons. The molecule has 3 rings (SSSR count). The topological polar surface area (TPSA) is 71.4 Å². The van der Waals surface area contributed by atoms with Crippen LogP contribution in [-0.2, 0) is 12.8 Å². The van der Waals surface area contributed by atoms with Crippen molar-refractivity contribution in [1.29, 1.82) is 0 Å². The van der Waals surface area contributed by atoms with Gasteiger partial charge in [-0.05, 0) is 37.0 Å². The second-order valence-electron chi connectivity index (χ2n) is 6.05. The van der Waals surface area contributed by atoms with E-state index in [0.717, 1.165) is 35.5 Å². The highest BCUT2D eigenvalue weighted by atomic mass is 16.5. The summed E-state index contributed by atoms with van der Waals surface area (Å²) >= 11 is 0. The summed E-state index contributed by atoms with van der Waals surface area (Å²) in [7, 11) is 1.66. The van der Waals surface area contributed by atoms with Crippen molar-refractivity contribution >= 4 is 5.95 Å². The second kappa shape index (κ2) is 7.13. The maximum absolute atomic E-state index is 10.2. The lowest BCUT2D eigenvalue weighted by atomic mass is 10.0. The fourth-order valence-corrected chi connectivity index (χ4v) is 3.25. The van der Waals surface area contributed by atoms with Crippen LogP contribution in [0.15, 0.2) is 24.3 Å². The number of ether oxygens (including phenoxy) is 1. The molecule has 0 unspecified atom stereocenters. The number of aromatic nitrogens is 3. The molecule has 1 aliphatic heterocycles. The van der Waals surface area contributed by atoms with Gasteiger partial charge >= 0.3 is 0 Å². The highest BCUT2D eigenvalue weighted by Crippen LogP contribution is 2.35. The number of anilines is 1. The van der Waals surface area contributed by atoms with E-state index in [1.165, 1.54) is 0 Å². The smallest absolute Gasteiger partial charge is 0.246 e. The van der Waals surface area contributed by atoms with Gasteiger partial charge in [-0.25, -0.2) is 4.98 Å². The predicted molar refractivity (Wildman–Crippen MR) is 92.3 cm³/mol. The standard InChI is InChI=1S/C18H24N4O2/c1-4-15-16(5-2)20-21-18(19-15)22-11-13(23)10-17(22)12-7-6-8-14(9-12)24-3/h6-9,13,17,23H,4-5,10-11H2,1-3H3/t13-,17+/m0/s1. The fraction of sp³-hybridized carbons (Fsp3) is 0.500. The third-order valence-corrected chi connectivity index (χ3v) is 4.51. The van der Waals surface area contributed by atoms with E-state index in [0.29, 0.717) is 18.9 Å². The van der Waals surface area contributed by atoms with Gasteiger partial charge in [0.1, 0.15) is 5.75 Å². The van der Waals surface area contributed by atoms with Crippen molar-refractivity contribution in [2.24, 2.45) is 0 Å². The van der Waals surface area contributed by atoms with Gasteiger partial charge in [-0.15, -0.1) is 5.10 Å². The van der Waals surface area contributed by atoms with E-state index in [1.807, 2.05) is 29.2 Å². The Kier molecular flexibility index (Phi) is 4.94. The third-order valence-electron chi connectivity index (χ3n) is 4.51. The quantitative estimate of drug-likeness (QED) is 0.908. The monoisotopic (exact) mass is 328 g/mol. The zero-order valence-electron chi connectivity index (χ0n) is 14.4. The van der Waals surface area contributed by atoms with Gasteiger partial charge in [0.2, 0.25) is 5.95 Å². The molecule has 0 aliphatic carbocycles. The predicted octanol–water partition coefficient (Wildman–Crippen LogP) is 2.32. The highest BCUT2D eigenvalue weighted by molar-refractivity contribution is 5.41. The number of nitrogens with zero attached hydrogens (tertiary/aromatic N) is 4. The molecule has 0 saturated carbocycles. The lowest BCUT2D eigenvalue weighted by Crippen LogP contribution is -2.27.